The fourth-order valence-corrected chi connectivity index (χ4v) is 2.26. The lowest BCUT2D eigenvalue weighted by Crippen LogP contribution is -2.07. The number of aromatic nitrogens is 1. The summed E-state index contributed by atoms with van der Waals surface area (Å²) in [7, 11) is 0. The summed E-state index contributed by atoms with van der Waals surface area (Å²) >= 11 is 6.93. The first kappa shape index (κ1) is 13.7. The van der Waals surface area contributed by atoms with Crippen molar-refractivity contribution in [1.29, 1.82) is 0 Å². The fourth-order valence-electron chi connectivity index (χ4n) is 1.32. The van der Waals surface area contributed by atoms with Gasteiger partial charge >= 0.3 is 0 Å². The van der Waals surface area contributed by atoms with Gasteiger partial charge in [0.25, 0.3) is 0 Å². The molecule has 1 heterocycles. The van der Waals surface area contributed by atoms with Crippen LogP contribution in [-0.4, -0.2) is 10.9 Å². The predicted octanol–water partition coefficient (Wildman–Crippen LogP) is 3.67. The number of hydrogen-bond donors (Lipinski definition) is 1. The third-order valence-corrected chi connectivity index (χ3v) is 3.30. The highest BCUT2D eigenvalue weighted by molar-refractivity contribution is 7.14. The zero-order chi connectivity index (χ0) is 13.7. The van der Waals surface area contributed by atoms with Crippen LogP contribution in [0.5, 0.6) is 0 Å². The Balaban J connectivity index is 1.95. The Hall–Kier alpha value is -1.72. The van der Waals surface area contributed by atoms with E-state index in [9.17, 15) is 9.18 Å². The molecule has 1 aromatic heterocycles. The van der Waals surface area contributed by atoms with Gasteiger partial charge in [-0.1, -0.05) is 12.1 Å². The molecule has 0 aliphatic heterocycles. The van der Waals surface area contributed by atoms with E-state index in [1.807, 2.05) is 0 Å². The molecule has 19 heavy (non-hydrogen) atoms. The molecule has 1 aromatic carbocycles. The van der Waals surface area contributed by atoms with Crippen molar-refractivity contribution in [3.63, 3.8) is 0 Å². The molecular weight excluding hydrogens is 287 g/mol. The number of anilines is 1. The molecule has 0 saturated carbocycles. The summed E-state index contributed by atoms with van der Waals surface area (Å²) in [5.74, 6) is -0.282. The van der Waals surface area contributed by atoms with Gasteiger partial charge in [0.05, 0.1) is 11.6 Å². The number of alkyl halides is 1. The van der Waals surface area contributed by atoms with Crippen molar-refractivity contribution in [1.82, 2.24) is 4.98 Å². The summed E-state index contributed by atoms with van der Waals surface area (Å²) in [6.45, 7) is 0. The molecule has 0 unspecified atom stereocenters. The molecule has 0 fully saturated rings. The average molecular weight is 297 g/mol. The first-order chi connectivity index (χ1) is 9.17. The SMILES string of the molecule is O=C(/C=C/c1ccc(F)cc1)Nc1nc(CCl)cs1. The first-order valence-corrected chi connectivity index (χ1v) is 6.84. The van der Waals surface area contributed by atoms with Crippen LogP contribution in [0.3, 0.4) is 0 Å². The molecule has 0 aliphatic rings. The smallest absolute Gasteiger partial charge is 0.250 e. The molecule has 2 rings (SSSR count). The van der Waals surface area contributed by atoms with Gasteiger partial charge in [0.1, 0.15) is 5.82 Å². The molecule has 0 aliphatic carbocycles. The number of amides is 1. The number of halogens is 2. The Kier molecular flexibility index (Phi) is 4.65. The minimum absolute atomic E-state index is 0.292. The van der Waals surface area contributed by atoms with Crippen LogP contribution >= 0.6 is 22.9 Å². The van der Waals surface area contributed by atoms with Crippen molar-refractivity contribution in [2.24, 2.45) is 0 Å². The van der Waals surface area contributed by atoms with Crippen LogP contribution in [0.1, 0.15) is 11.3 Å². The Bertz CT molecular complexity index is 595. The topological polar surface area (TPSA) is 42.0 Å². The standard InChI is InChI=1S/C13H10ClFN2OS/c14-7-11-8-19-13(16-11)17-12(18)6-3-9-1-4-10(15)5-2-9/h1-6,8H,7H2,(H,16,17,18)/b6-3+. The second kappa shape index (κ2) is 6.45. The van der Waals surface area contributed by atoms with Gasteiger partial charge in [-0.25, -0.2) is 9.37 Å². The maximum absolute atomic E-state index is 12.7. The van der Waals surface area contributed by atoms with E-state index in [2.05, 4.69) is 10.3 Å². The van der Waals surface area contributed by atoms with Crippen molar-refractivity contribution in [3.8, 4) is 0 Å². The number of hydrogen-bond acceptors (Lipinski definition) is 3. The highest BCUT2D eigenvalue weighted by Crippen LogP contribution is 2.16. The molecule has 98 valence electrons. The zero-order valence-electron chi connectivity index (χ0n) is 9.77. The second-order valence-electron chi connectivity index (χ2n) is 3.65. The molecule has 0 bridgehead atoms. The number of thiazole rings is 1. The van der Waals surface area contributed by atoms with E-state index in [4.69, 9.17) is 11.6 Å². The fraction of sp³-hybridized carbons (Fsp3) is 0.0769. The van der Waals surface area contributed by atoms with Crippen LogP contribution in [0.25, 0.3) is 6.08 Å². The molecule has 2 aromatic rings. The molecule has 6 heteroatoms. The number of nitrogens with zero attached hydrogens (tertiary/aromatic N) is 1. The summed E-state index contributed by atoms with van der Waals surface area (Å²) in [6, 6.07) is 5.86. The molecule has 0 saturated heterocycles. The first-order valence-electron chi connectivity index (χ1n) is 5.42. The maximum atomic E-state index is 12.7. The van der Waals surface area contributed by atoms with E-state index < -0.39 is 0 Å². The average Bonchev–Trinajstić information content (AvgIpc) is 2.86. The van der Waals surface area contributed by atoms with Crippen LogP contribution < -0.4 is 5.32 Å². The van der Waals surface area contributed by atoms with Crippen LogP contribution in [0.15, 0.2) is 35.7 Å². The Morgan fingerprint density at radius 1 is 1.42 bits per heavy atom. The zero-order valence-corrected chi connectivity index (χ0v) is 11.3. The van der Waals surface area contributed by atoms with Gasteiger partial charge in [-0.15, -0.1) is 22.9 Å². The minimum Gasteiger partial charge on any atom is -0.298 e. The van der Waals surface area contributed by atoms with Gasteiger partial charge in [0.2, 0.25) is 5.91 Å². The molecule has 1 N–H and O–H groups in total. The van der Waals surface area contributed by atoms with E-state index in [0.29, 0.717) is 11.0 Å². The molecule has 0 spiro atoms. The largest absolute Gasteiger partial charge is 0.298 e. The summed E-state index contributed by atoms with van der Waals surface area (Å²) in [5.41, 5.74) is 1.47. The Morgan fingerprint density at radius 3 is 2.79 bits per heavy atom. The number of carbonyl (C=O) groups is 1. The van der Waals surface area contributed by atoms with Gasteiger partial charge in [0, 0.05) is 11.5 Å². The molecule has 0 radical (unpaired) electrons. The van der Waals surface area contributed by atoms with E-state index in [-0.39, 0.29) is 11.7 Å². The Morgan fingerprint density at radius 2 is 2.16 bits per heavy atom. The van der Waals surface area contributed by atoms with Crippen molar-refractivity contribution in [3.05, 3.63) is 52.8 Å². The van der Waals surface area contributed by atoms with Gasteiger partial charge in [-0.3, -0.25) is 10.1 Å². The molecule has 0 atom stereocenters. The van der Waals surface area contributed by atoms with E-state index in [1.165, 1.54) is 29.5 Å². The minimum atomic E-state index is -0.307. The number of benzene rings is 1. The third-order valence-electron chi connectivity index (χ3n) is 2.22. The van der Waals surface area contributed by atoms with Crippen molar-refractivity contribution < 1.29 is 9.18 Å². The van der Waals surface area contributed by atoms with Gasteiger partial charge in [-0.2, -0.15) is 0 Å². The van der Waals surface area contributed by atoms with Crippen LogP contribution in [0, 0.1) is 5.82 Å². The van der Waals surface area contributed by atoms with Crippen LogP contribution in [-0.2, 0) is 10.7 Å². The summed E-state index contributed by atoms with van der Waals surface area (Å²) < 4.78 is 12.7. The van der Waals surface area contributed by atoms with E-state index >= 15 is 0 Å². The normalized spacial score (nSPS) is 10.8. The number of carbonyl (C=O) groups excluding carboxylic acids is 1. The summed E-state index contributed by atoms with van der Waals surface area (Å²) in [4.78, 5) is 15.7. The summed E-state index contributed by atoms with van der Waals surface area (Å²) in [6.07, 6.45) is 2.97. The van der Waals surface area contributed by atoms with Gasteiger partial charge in [0.15, 0.2) is 5.13 Å². The second-order valence-corrected chi connectivity index (χ2v) is 4.78. The van der Waals surface area contributed by atoms with Crippen molar-refractivity contribution in [2.45, 2.75) is 5.88 Å². The van der Waals surface area contributed by atoms with Crippen LogP contribution in [0.2, 0.25) is 0 Å². The monoisotopic (exact) mass is 296 g/mol. The van der Waals surface area contributed by atoms with Gasteiger partial charge in [-0.05, 0) is 23.8 Å². The maximum Gasteiger partial charge on any atom is 0.250 e. The highest BCUT2D eigenvalue weighted by Gasteiger charge is 2.03. The summed E-state index contributed by atoms with van der Waals surface area (Å²) in [5, 5.41) is 4.92. The van der Waals surface area contributed by atoms with E-state index in [0.717, 1.165) is 11.3 Å². The predicted molar refractivity (Wildman–Crippen MR) is 75.7 cm³/mol. The Labute approximate surface area is 118 Å². The number of rotatable bonds is 4. The van der Waals surface area contributed by atoms with Crippen molar-refractivity contribution >= 4 is 40.1 Å². The highest BCUT2D eigenvalue weighted by atomic mass is 35.5. The lowest BCUT2D eigenvalue weighted by atomic mass is 10.2. The van der Waals surface area contributed by atoms with Crippen LogP contribution in [0.4, 0.5) is 9.52 Å². The molecule has 1 amide bonds. The third kappa shape index (κ3) is 4.15. The molecular formula is C13H10ClFN2OS. The van der Waals surface area contributed by atoms with E-state index in [1.54, 1.807) is 23.6 Å². The molecule has 3 nitrogen and oxygen atoms in total. The number of nitrogens with one attached hydrogen (secondary N) is 1. The van der Waals surface area contributed by atoms with Crippen molar-refractivity contribution in [2.75, 3.05) is 5.32 Å². The lowest BCUT2D eigenvalue weighted by molar-refractivity contribution is -0.111. The lowest BCUT2D eigenvalue weighted by Gasteiger charge is -1.96. The quantitative estimate of drug-likeness (QED) is 0.691. The van der Waals surface area contributed by atoms with Gasteiger partial charge < -0.3 is 0 Å².